The summed E-state index contributed by atoms with van der Waals surface area (Å²) < 4.78 is 0.987. The van der Waals surface area contributed by atoms with Crippen molar-refractivity contribution in [2.24, 2.45) is 0 Å². The van der Waals surface area contributed by atoms with Crippen LogP contribution in [0, 0.1) is 0 Å². The third-order valence-corrected chi connectivity index (χ3v) is 3.67. The van der Waals surface area contributed by atoms with Gasteiger partial charge < -0.3 is 5.32 Å². The minimum atomic E-state index is 0.123. The average Bonchev–Trinajstić information content (AvgIpc) is 2.42. The SMILES string of the molecule is CCNC(Cc1ccc(Br)cc1Cl)c1cnccn1. The van der Waals surface area contributed by atoms with E-state index in [9.17, 15) is 0 Å². The summed E-state index contributed by atoms with van der Waals surface area (Å²) in [5.74, 6) is 0. The number of benzene rings is 1. The highest BCUT2D eigenvalue weighted by Gasteiger charge is 2.14. The fourth-order valence-electron chi connectivity index (χ4n) is 1.93. The minimum Gasteiger partial charge on any atom is -0.309 e. The maximum absolute atomic E-state index is 6.27. The molecule has 3 nitrogen and oxygen atoms in total. The Morgan fingerprint density at radius 1 is 1.37 bits per heavy atom. The molecule has 1 unspecified atom stereocenters. The van der Waals surface area contributed by atoms with Crippen LogP contribution in [-0.2, 0) is 6.42 Å². The molecule has 0 aliphatic carbocycles. The van der Waals surface area contributed by atoms with Crippen molar-refractivity contribution in [3.63, 3.8) is 0 Å². The highest BCUT2D eigenvalue weighted by atomic mass is 79.9. The molecule has 2 rings (SSSR count). The van der Waals surface area contributed by atoms with Crippen molar-refractivity contribution in [2.75, 3.05) is 6.54 Å². The summed E-state index contributed by atoms with van der Waals surface area (Å²) in [5.41, 5.74) is 2.03. The van der Waals surface area contributed by atoms with E-state index in [1.54, 1.807) is 18.6 Å². The molecule has 2 aromatic rings. The highest BCUT2D eigenvalue weighted by Crippen LogP contribution is 2.25. The van der Waals surface area contributed by atoms with Gasteiger partial charge in [-0.25, -0.2) is 0 Å². The first-order chi connectivity index (χ1) is 9.20. The van der Waals surface area contributed by atoms with Gasteiger partial charge in [0.05, 0.1) is 11.7 Å². The predicted octanol–water partition coefficient (Wildman–Crippen LogP) is 3.79. The van der Waals surface area contributed by atoms with Crippen molar-refractivity contribution in [3.8, 4) is 0 Å². The van der Waals surface area contributed by atoms with Crippen molar-refractivity contribution in [2.45, 2.75) is 19.4 Å². The number of likely N-dealkylation sites (N-methyl/N-ethyl adjacent to an activating group) is 1. The molecule has 0 saturated carbocycles. The van der Waals surface area contributed by atoms with Gasteiger partial charge in [-0.05, 0) is 30.7 Å². The molecule has 0 aliphatic rings. The molecule has 0 amide bonds. The lowest BCUT2D eigenvalue weighted by Gasteiger charge is -2.17. The maximum Gasteiger partial charge on any atom is 0.0759 e. The van der Waals surface area contributed by atoms with E-state index in [4.69, 9.17) is 11.6 Å². The van der Waals surface area contributed by atoms with E-state index in [1.807, 2.05) is 18.2 Å². The number of nitrogens with zero attached hydrogens (tertiary/aromatic N) is 2. The van der Waals surface area contributed by atoms with E-state index in [1.165, 1.54) is 0 Å². The molecule has 5 heteroatoms. The Morgan fingerprint density at radius 3 is 2.84 bits per heavy atom. The largest absolute Gasteiger partial charge is 0.309 e. The quantitative estimate of drug-likeness (QED) is 0.900. The molecule has 1 aromatic carbocycles. The van der Waals surface area contributed by atoms with Crippen LogP contribution in [0.1, 0.15) is 24.2 Å². The summed E-state index contributed by atoms with van der Waals surface area (Å²) in [5, 5.41) is 4.18. The second-order valence-electron chi connectivity index (χ2n) is 4.18. The predicted molar refractivity (Wildman–Crippen MR) is 81.3 cm³/mol. The smallest absolute Gasteiger partial charge is 0.0759 e. The first kappa shape index (κ1) is 14.4. The minimum absolute atomic E-state index is 0.123. The zero-order chi connectivity index (χ0) is 13.7. The molecule has 1 N–H and O–H groups in total. The summed E-state index contributed by atoms with van der Waals surface area (Å²) in [7, 11) is 0. The molecular formula is C14H15BrClN3. The van der Waals surface area contributed by atoms with Gasteiger partial charge in [-0.2, -0.15) is 0 Å². The van der Waals surface area contributed by atoms with Crippen LogP contribution >= 0.6 is 27.5 Å². The summed E-state index contributed by atoms with van der Waals surface area (Å²) in [6.45, 7) is 2.95. The summed E-state index contributed by atoms with van der Waals surface area (Å²) in [6, 6.07) is 6.07. The second kappa shape index (κ2) is 6.98. The third kappa shape index (κ3) is 4.00. The van der Waals surface area contributed by atoms with Gasteiger partial charge in [-0.15, -0.1) is 0 Å². The number of nitrogens with one attached hydrogen (secondary N) is 1. The van der Waals surface area contributed by atoms with Crippen LogP contribution in [-0.4, -0.2) is 16.5 Å². The van der Waals surface area contributed by atoms with E-state index < -0.39 is 0 Å². The maximum atomic E-state index is 6.27. The molecule has 19 heavy (non-hydrogen) atoms. The van der Waals surface area contributed by atoms with E-state index in [0.29, 0.717) is 0 Å². The van der Waals surface area contributed by atoms with Gasteiger partial charge in [-0.1, -0.05) is 40.5 Å². The Balaban J connectivity index is 2.21. The molecule has 1 heterocycles. The Morgan fingerprint density at radius 2 is 2.21 bits per heavy atom. The van der Waals surface area contributed by atoms with E-state index in [2.05, 4.69) is 38.1 Å². The van der Waals surface area contributed by atoms with Crippen molar-refractivity contribution in [1.82, 2.24) is 15.3 Å². The average molecular weight is 341 g/mol. The van der Waals surface area contributed by atoms with E-state index >= 15 is 0 Å². The molecule has 0 saturated heterocycles. The standard InChI is InChI=1S/C14H15BrClN3/c1-2-18-13(14-9-17-5-6-19-14)7-10-3-4-11(15)8-12(10)16/h3-6,8-9,13,18H,2,7H2,1H3. The van der Waals surface area contributed by atoms with Crippen LogP contribution in [0.5, 0.6) is 0 Å². The topological polar surface area (TPSA) is 37.8 Å². The van der Waals surface area contributed by atoms with Gasteiger partial charge in [0.2, 0.25) is 0 Å². The Hall–Kier alpha value is -0.970. The third-order valence-electron chi connectivity index (χ3n) is 2.83. The lowest BCUT2D eigenvalue weighted by Crippen LogP contribution is -2.24. The van der Waals surface area contributed by atoms with Crippen LogP contribution in [0.15, 0.2) is 41.3 Å². The molecule has 0 fully saturated rings. The number of aromatic nitrogens is 2. The van der Waals surface area contributed by atoms with Gasteiger partial charge in [-0.3, -0.25) is 9.97 Å². The molecule has 1 aromatic heterocycles. The lowest BCUT2D eigenvalue weighted by atomic mass is 10.0. The second-order valence-corrected chi connectivity index (χ2v) is 5.50. The molecule has 0 spiro atoms. The van der Waals surface area contributed by atoms with E-state index in [-0.39, 0.29) is 6.04 Å². The molecule has 0 radical (unpaired) electrons. The van der Waals surface area contributed by atoms with Gasteiger partial charge in [0.25, 0.3) is 0 Å². The van der Waals surface area contributed by atoms with Gasteiger partial charge >= 0.3 is 0 Å². The summed E-state index contributed by atoms with van der Waals surface area (Å²) in [6.07, 6.45) is 5.97. The summed E-state index contributed by atoms with van der Waals surface area (Å²) in [4.78, 5) is 8.49. The van der Waals surface area contributed by atoms with Crippen molar-refractivity contribution in [1.29, 1.82) is 0 Å². The van der Waals surface area contributed by atoms with Crippen molar-refractivity contribution >= 4 is 27.5 Å². The van der Waals surface area contributed by atoms with Gasteiger partial charge in [0.1, 0.15) is 0 Å². The Labute approximate surface area is 126 Å². The fourth-order valence-corrected chi connectivity index (χ4v) is 2.68. The molecule has 0 bridgehead atoms. The number of hydrogen-bond acceptors (Lipinski definition) is 3. The molecular weight excluding hydrogens is 326 g/mol. The number of halogens is 2. The first-order valence-electron chi connectivity index (χ1n) is 6.14. The normalized spacial score (nSPS) is 12.4. The van der Waals surface area contributed by atoms with Crippen LogP contribution < -0.4 is 5.32 Å². The number of hydrogen-bond donors (Lipinski definition) is 1. The molecule has 100 valence electrons. The van der Waals surface area contributed by atoms with Crippen LogP contribution in [0.2, 0.25) is 5.02 Å². The zero-order valence-corrected chi connectivity index (χ0v) is 12.9. The van der Waals surface area contributed by atoms with Crippen molar-refractivity contribution < 1.29 is 0 Å². The molecule has 1 atom stereocenters. The highest BCUT2D eigenvalue weighted by molar-refractivity contribution is 9.10. The first-order valence-corrected chi connectivity index (χ1v) is 7.31. The lowest BCUT2D eigenvalue weighted by molar-refractivity contribution is 0.534. The fraction of sp³-hybridized carbons (Fsp3) is 0.286. The Kier molecular flexibility index (Phi) is 5.31. The Bertz CT molecular complexity index is 533. The summed E-state index contributed by atoms with van der Waals surface area (Å²) >= 11 is 9.68. The van der Waals surface area contributed by atoms with Crippen molar-refractivity contribution in [3.05, 3.63) is 57.5 Å². The number of rotatable bonds is 5. The van der Waals surface area contributed by atoms with Crippen LogP contribution in [0.3, 0.4) is 0 Å². The van der Waals surface area contributed by atoms with Gasteiger partial charge in [0.15, 0.2) is 0 Å². The molecule has 0 aliphatic heterocycles. The van der Waals surface area contributed by atoms with E-state index in [0.717, 1.165) is 33.7 Å². The van der Waals surface area contributed by atoms with Crippen LogP contribution in [0.25, 0.3) is 0 Å². The van der Waals surface area contributed by atoms with Crippen LogP contribution in [0.4, 0.5) is 0 Å². The van der Waals surface area contributed by atoms with Gasteiger partial charge in [0, 0.05) is 28.1 Å². The monoisotopic (exact) mass is 339 g/mol. The zero-order valence-electron chi connectivity index (χ0n) is 10.6.